The Hall–Kier alpha value is -2.42. The fourth-order valence-electron chi connectivity index (χ4n) is 2.42. The number of aromatic nitrogens is 2. The van der Waals surface area contributed by atoms with E-state index in [1.54, 1.807) is 6.33 Å². The zero-order valence-corrected chi connectivity index (χ0v) is 11.0. The number of benzene rings is 2. The first kappa shape index (κ1) is 12.6. The summed E-state index contributed by atoms with van der Waals surface area (Å²) in [6.07, 6.45) is 4.33. The van der Waals surface area contributed by atoms with E-state index in [0.29, 0.717) is 0 Å². The number of hydrogen-bond donors (Lipinski definition) is 1. The maximum atomic E-state index is 13.1. The molecule has 1 heterocycles. The van der Waals surface area contributed by atoms with E-state index >= 15 is 0 Å². The van der Waals surface area contributed by atoms with Crippen LogP contribution in [-0.2, 0) is 6.42 Å². The second-order valence-electron chi connectivity index (χ2n) is 4.80. The second-order valence-corrected chi connectivity index (χ2v) is 4.80. The lowest BCUT2D eigenvalue weighted by atomic mass is 9.87. The van der Waals surface area contributed by atoms with E-state index in [9.17, 15) is 4.39 Å². The van der Waals surface area contributed by atoms with Crippen molar-refractivity contribution in [1.82, 2.24) is 9.97 Å². The predicted octanol–water partition coefficient (Wildman–Crippen LogP) is 3.92. The zero-order chi connectivity index (χ0) is 13.8. The Kier molecular flexibility index (Phi) is 3.59. The van der Waals surface area contributed by atoms with E-state index in [1.165, 1.54) is 17.7 Å². The molecule has 0 amide bonds. The van der Waals surface area contributed by atoms with Gasteiger partial charge in [0.05, 0.1) is 6.33 Å². The summed E-state index contributed by atoms with van der Waals surface area (Å²) in [6.45, 7) is 0. The van der Waals surface area contributed by atoms with Gasteiger partial charge in [-0.3, -0.25) is 0 Å². The molecule has 0 aliphatic carbocycles. The van der Waals surface area contributed by atoms with Crippen LogP contribution in [0.4, 0.5) is 4.39 Å². The van der Waals surface area contributed by atoms with Crippen molar-refractivity contribution in [3.8, 4) is 0 Å². The second kappa shape index (κ2) is 5.70. The average molecular weight is 266 g/mol. The largest absolute Gasteiger partial charge is 0.348 e. The highest BCUT2D eigenvalue weighted by atomic mass is 19.1. The summed E-state index contributed by atoms with van der Waals surface area (Å²) < 4.78 is 13.1. The molecule has 1 N–H and O–H groups in total. The third-order valence-corrected chi connectivity index (χ3v) is 3.45. The summed E-state index contributed by atoms with van der Waals surface area (Å²) in [6, 6.07) is 17.0. The van der Waals surface area contributed by atoms with Gasteiger partial charge in [-0.2, -0.15) is 0 Å². The first-order chi connectivity index (χ1) is 9.83. The number of nitrogens with zero attached hydrogens (tertiary/aromatic N) is 1. The third-order valence-electron chi connectivity index (χ3n) is 3.45. The number of imidazole rings is 1. The molecule has 0 radical (unpaired) electrons. The Balaban J connectivity index is 1.97. The van der Waals surface area contributed by atoms with Gasteiger partial charge in [0.1, 0.15) is 5.82 Å². The molecule has 3 rings (SSSR count). The first-order valence-electron chi connectivity index (χ1n) is 6.60. The van der Waals surface area contributed by atoms with Crippen LogP contribution in [0.5, 0.6) is 0 Å². The highest BCUT2D eigenvalue weighted by Gasteiger charge is 2.15. The zero-order valence-electron chi connectivity index (χ0n) is 11.0. The molecule has 1 aromatic heterocycles. The van der Waals surface area contributed by atoms with Crippen LogP contribution in [0.15, 0.2) is 67.1 Å². The summed E-state index contributed by atoms with van der Waals surface area (Å²) in [5.74, 6) is -0.0145. The molecule has 1 unspecified atom stereocenters. The highest BCUT2D eigenvalue weighted by molar-refractivity contribution is 5.33. The van der Waals surface area contributed by atoms with E-state index in [0.717, 1.165) is 17.7 Å². The van der Waals surface area contributed by atoms with E-state index in [2.05, 4.69) is 22.1 Å². The minimum atomic E-state index is -0.206. The van der Waals surface area contributed by atoms with Crippen LogP contribution in [0.2, 0.25) is 0 Å². The number of halogens is 1. The van der Waals surface area contributed by atoms with Crippen molar-refractivity contribution < 1.29 is 4.39 Å². The van der Waals surface area contributed by atoms with Gasteiger partial charge < -0.3 is 4.98 Å². The fraction of sp³-hybridized carbons (Fsp3) is 0.118. The summed E-state index contributed by atoms with van der Waals surface area (Å²) in [4.78, 5) is 7.19. The molecule has 0 bridgehead atoms. The Morgan fingerprint density at radius 3 is 2.30 bits per heavy atom. The molecule has 2 aromatic carbocycles. The van der Waals surface area contributed by atoms with Gasteiger partial charge in [0, 0.05) is 17.8 Å². The van der Waals surface area contributed by atoms with Crippen LogP contribution in [-0.4, -0.2) is 9.97 Å². The lowest BCUT2D eigenvalue weighted by Gasteiger charge is -2.17. The fourth-order valence-corrected chi connectivity index (χ4v) is 2.42. The standard InChI is InChI=1S/C17H15FN2/c18-15-8-6-14(7-9-15)17(10-16-11-19-12-20-16)13-4-2-1-3-5-13/h1-9,11-12,17H,10H2,(H,19,20). The van der Waals surface area contributed by atoms with E-state index in [1.807, 2.05) is 36.5 Å². The van der Waals surface area contributed by atoms with Crippen LogP contribution in [0.1, 0.15) is 22.7 Å². The number of nitrogens with one attached hydrogen (secondary N) is 1. The van der Waals surface area contributed by atoms with Crippen LogP contribution >= 0.6 is 0 Å². The van der Waals surface area contributed by atoms with Gasteiger partial charge in [-0.15, -0.1) is 0 Å². The van der Waals surface area contributed by atoms with Crippen molar-refractivity contribution >= 4 is 0 Å². The number of hydrogen-bond acceptors (Lipinski definition) is 1. The van der Waals surface area contributed by atoms with Gasteiger partial charge in [-0.1, -0.05) is 42.5 Å². The summed E-state index contributed by atoms with van der Waals surface area (Å²) in [5, 5.41) is 0. The number of H-pyrrole nitrogens is 1. The average Bonchev–Trinajstić information content (AvgIpc) is 3.00. The summed E-state index contributed by atoms with van der Waals surface area (Å²) in [5.41, 5.74) is 3.39. The lowest BCUT2D eigenvalue weighted by molar-refractivity contribution is 0.626. The Bertz CT molecular complexity index is 645. The third kappa shape index (κ3) is 2.77. The van der Waals surface area contributed by atoms with Crippen LogP contribution in [0.25, 0.3) is 0 Å². The molecular formula is C17H15FN2. The van der Waals surface area contributed by atoms with Gasteiger partial charge in [-0.25, -0.2) is 9.37 Å². The number of aromatic amines is 1. The summed E-state index contributed by atoms with van der Waals surface area (Å²) >= 11 is 0. The predicted molar refractivity (Wildman–Crippen MR) is 77.0 cm³/mol. The van der Waals surface area contributed by atoms with Crippen molar-refractivity contribution in [2.45, 2.75) is 12.3 Å². The van der Waals surface area contributed by atoms with E-state index < -0.39 is 0 Å². The topological polar surface area (TPSA) is 28.7 Å². The molecule has 3 aromatic rings. The normalized spacial score (nSPS) is 12.2. The van der Waals surface area contributed by atoms with Crippen molar-refractivity contribution in [3.05, 3.63) is 89.8 Å². The molecular weight excluding hydrogens is 251 g/mol. The van der Waals surface area contributed by atoms with Gasteiger partial charge in [0.25, 0.3) is 0 Å². The molecule has 0 saturated heterocycles. The molecule has 100 valence electrons. The minimum absolute atomic E-state index is 0.192. The maximum Gasteiger partial charge on any atom is 0.123 e. The molecule has 1 atom stereocenters. The molecule has 3 heteroatoms. The Labute approximate surface area is 117 Å². The van der Waals surface area contributed by atoms with E-state index in [4.69, 9.17) is 0 Å². The molecule has 0 saturated carbocycles. The van der Waals surface area contributed by atoms with E-state index in [-0.39, 0.29) is 11.7 Å². The highest BCUT2D eigenvalue weighted by Crippen LogP contribution is 2.28. The van der Waals surface area contributed by atoms with Gasteiger partial charge >= 0.3 is 0 Å². The van der Waals surface area contributed by atoms with Crippen LogP contribution in [0.3, 0.4) is 0 Å². The smallest absolute Gasteiger partial charge is 0.123 e. The van der Waals surface area contributed by atoms with Crippen molar-refractivity contribution in [3.63, 3.8) is 0 Å². The van der Waals surface area contributed by atoms with Gasteiger partial charge in [0.15, 0.2) is 0 Å². The molecule has 2 nitrogen and oxygen atoms in total. The van der Waals surface area contributed by atoms with Gasteiger partial charge in [0.2, 0.25) is 0 Å². The van der Waals surface area contributed by atoms with Crippen LogP contribution < -0.4 is 0 Å². The Morgan fingerprint density at radius 1 is 0.950 bits per heavy atom. The molecule has 0 fully saturated rings. The summed E-state index contributed by atoms with van der Waals surface area (Å²) in [7, 11) is 0. The SMILES string of the molecule is Fc1ccc(C(Cc2cnc[nH]2)c2ccccc2)cc1. The van der Waals surface area contributed by atoms with Crippen molar-refractivity contribution in [2.24, 2.45) is 0 Å². The molecule has 0 aliphatic rings. The first-order valence-corrected chi connectivity index (χ1v) is 6.60. The Morgan fingerprint density at radius 2 is 1.65 bits per heavy atom. The molecule has 0 spiro atoms. The molecule has 0 aliphatic heterocycles. The number of rotatable bonds is 4. The maximum absolute atomic E-state index is 13.1. The van der Waals surface area contributed by atoms with Crippen LogP contribution in [0, 0.1) is 5.82 Å². The van der Waals surface area contributed by atoms with Crippen molar-refractivity contribution in [2.75, 3.05) is 0 Å². The molecule has 20 heavy (non-hydrogen) atoms. The minimum Gasteiger partial charge on any atom is -0.348 e. The van der Waals surface area contributed by atoms with Gasteiger partial charge in [-0.05, 0) is 29.7 Å². The quantitative estimate of drug-likeness (QED) is 0.761. The lowest BCUT2D eigenvalue weighted by Crippen LogP contribution is -2.05. The van der Waals surface area contributed by atoms with Crippen molar-refractivity contribution in [1.29, 1.82) is 0 Å². The monoisotopic (exact) mass is 266 g/mol.